The van der Waals surface area contributed by atoms with Crippen LogP contribution in [-0.4, -0.2) is 23.7 Å². The number of likely N-dealkylation sites (N-methyl/N-ethyl adjacent to an activating group) is 1. The van der Waals surface area contributed by atoms with Crippen LogP contribution in [0.4, 0.5) is 0 Å². The third-order valence-electron chi connectivity index (χ3n) is 3.44. The van der Waals surface area contributed by atoms with Gasteiger partial charge in [0.25, 0.3) is 0 Å². The molecule has 1 aliphatic rings. The molecule has 0 saturated carbocycles. The van der Waals surface area contributed by atoms with Gasteiger partial charge in [-0.25, -0.2) is 0 Å². The zero-order valence-corrected chi connectivity index (χ0v) is 9.90. The van der Waals surface area contributed by atoms with Crippen molar-refractivity contribution >= 4 is 0 Å². The summed E-state index contributed by atoms with van der Waals surface area (Å²) in [6, 6.07) is 10.9. The molecule has 1 saturated heterocycles. The summed E-state index contributed by atoms with van der Waals surface area (Å²) in [5.74, 6) is 0. The van der Waals surface area contributed by atoms with E-state index in [2.05, 4.69) is 57.0 Å². The molecule has 1 aromatic carbocycles. The second-order valence-corrected chi connectivity index (χ2v) is 4.75. The predicted molar refractivity (Wildman–Crippen MR) is 61.6 cm³/mol. The van der Waals surface area contributed by atoms with Crippen LogP contribution in [-0.2, 0) is 4.74 Å². The Kier molecular flexibility index (Phi) is 2.57. The van der Waals surface area contributed by atoms with Crippen molar-refractivity contribution in [3.05, 3.63) is 35.9 Å². The normalized spacial score (nSPS) is 30.7. The Labute approximate surface area is 91.9 Å². The third-order valence-corrected chi connectivity index (χ3v) is 3.44. The highest BCUT2D eigenvalue weighted by atomic mass is 16.5. The van der Waals surface area contributed by atoms with Gasteiger partial charge in [0.05, 0.1) is 0 Å². The molecule has 15 heavy (non-hydrogen) atoms. The van der Waals surface area contributed by atoms with Crippen LogP contribution in [0, 0.1) is 0 Å². The van der Waals surface area contributed by atoms with Crippen molar-refractivity contribution in [3.63, 3.8) is 0 Å². The summed E-state index contributed by atoms with van der Waals surface area (Å²) in [7, 11) is 2.12. The molecule has 0 aliphatic carbocycles. The van der Waals surface area contributed by atoms with E-state index in [9.17, 15) is 0 Å². The first-order valence-corrected chi connectivity index (χ1v) is 5.48. The van der Waals surface area contributed by atoms with E-state index in [0.717, 1.165) is 0 Å². The minimum Gasteiger partial charge on any atom is -0.351 e. The molecule has 1 aromatic rings. The SMILES string of the molecule is C[C@H]1[C@H](c2ccccc2)OC(C)(C)N1C. The zero-order chi connectivity index (χ0) is 11.1. The van der Waals surface area contributed by atoms with E-state index in [4.69, 9.17) is 4.74 Å². The fourth-order valence-corrected chi connectivity index (χ4v) is 2.18. The fraction of sp³-hybridized carbons (Fsp3) is 0.538. The average Bonchev–Trinajstić information content (AvgIpc) is 2.44. The van der Waals surface area contributed by atoms with E-state index < -0.39 is 0 Å². The van der Waals surface area contributed by atoms with Gasteiger partial charge in [-0.05, 0) is 33.4 Å². The molecule has 0 spiro atoms. The number of benzene rings is 1. The van der Waals surface area contributed by atoms with Crippen LogP contribution >= 0.6 is 0 Å². The second-order valence-electron chi connectivity index (χ2n) is 4.75. The van der Waals surface area contributed by atoms with Crippen molar-refractivity contribution in [3.8, 4) is 0 Å². The van der Waals surface area contributed by atoms with Crippen molar-refractivity contribution in [1.29, 1.82) is 0 Å². The minimum absolute atomic E-state index is 0.167. The summed E-state index contributed by atoms with van der Waals surface area (Å²) in [5, 5.41) is 0. The molecule has 0 aromatic heterocycles. The van der Waals surface area contributed by atoms with Gasteiger partial charge < -0.3 is 4.74 Å². The van der Waals surface area contributed by atoms with Crippen LogP contribution in [0.25, 0.3) is 0 Å². The van der Waals surface area contributed by atoms with Gasteiger partial charge in [0.2, 0.25) is 0 Å². The number of ether oxygens (including phenoxy) is 1. The van der Waals surface area contributed by atoms with Gasteiger partial charge in [-0.2, -0.15) is 0 Å². The van der Waals surface area contributed by atoms with Crippen LogP contribution in [0.15, 0.2) is 30.3 Å². The van der Waals surface area contributed by atoms with E-state index in [1.54, 1.807) is 0 Å². The van der Waals surface area contributed by atoms with Gasteiger partial charge in [0.15, 0.2) is 0 Å². The highest BCUT2D eigenvalue weighted by molar-refractivity contribution is 5.20. The van der Waals surface area contributed by atoms with Crippen LogP contribution in [0.2, 0.25) is 0 Å². The summed E-state index contributed by atoms with van der Waals surface area (Å²) in [4.78, 5) is 2.28. The number of rotatable bonds is 1. The van der Waals surface area contributed by atoms with Gasteiger partial charge in [0, 0.05) is 6.04 Å². The van der Waals surface area contributed by atoms with Crippen LogP contribution in [0.1, 0.15) is 32.4 Å². The smallest absolute Gasteiger partial charge is 0.117 e. The number of hydrogen-bond donors (Lipinski definition) is 0. The van der Waals surface area contributed by atoms with Crippen LogP contribution < -0.4 is 0 Å². The molecular weight excluding hydrogens is 186 g/mol. The molecule has 1 aliphatic heterocycles. The number of hydrogen-bond acceptors (Lipinski definition) is 2. The van der Waals surface area contributed by atoms with Crippen LogP contribution in [0.3, 0.4) is 0 Å². The highest BCUT2D eigenvalue weighted by Gasteiger charge is 2.42. The first-order chi connectivity index (χ1) is 7.02. The predicted octanol–water partition coefficient (Wildman–Crippen LogP) is 2.81. The Hall–Kier alpha value is -0.860. The molecule has 2 nitrogen and oxygen atoms in total. The summed E-state index contributed by atoms with van der Waals surface area (Å²) < 4.78 is 6.09. The minimum atomic E-state index is -0.167. The molecule has 0 bridgehead atoms. The maximum Gasteiger partial charge on any atom is 0.117 e. The quantitative estimate of drug-likeness (QED) is 0.699. The maximum atomic E-state index is 6.09. The topological polar surface area (TPSA) is 12.5 Å². The molecular formula is C13H19NO. The lowest BCUT2D eigenvalue weighted by atomic mass is 10.0. The van der Waals surface area contributed by atoms with E-state index in [1.807, 2.05) is 6.07 Å². The van der Waals surface area contributed by atoms with E-state index in [-0.39, 0.29) is 11.8 Å². The van der Waals surface area contributed by atoms with E-state index in [1.165, 1.54) is 5.56 Å². The maximum absolute atomic E-state index is 6.09. The first kappa shape index (κ1) is 10.7. The summed E-state index contributed by atoms with van der Waals surface area (Å²) in [6.45, 7) is 6.45. The van der Waals surface area contributed by atoms with Crippen molar-refractivity contribution in [2.24, 2.45) is 0 Å². The largest absolute Gasteiger partial charge is 0.351 e. The lowest BCUT2D eigenvalue weighted by molar-refractivity contribution is -0.0683. The Morgan fingerprint density at radius 2 is 1.80 bits per heavy atom. The number of nitrogens with zero attached hydrogens (tertiary/aromatic N) is 1. The molecule has 1 fully saturated rings. The second kappa shape index (κ2) is 3.62. The molecule has 2 atom stereocenters. The Morgan fingerprint density at radius 3 is 2.27 bits per heavy atom. The molecule has 0 radical (unpaired) electrons. The lowest BCUT2D eigenvalue weighted by Gasteiger charge is -2.27. The van der Waals surface area contributed by atoms with Gasteiger partial charge in [-0.15, -0.1) is 0 Å². The zero-order valence-electron chi connectivity index (χ0n) is 9.90. The molecule has 0 unspecified atom stereocenters. The van der Waals surface area contributed by atoms with Crippen molar-refractivity contribution in [2.75, 3.05) is 7.05 Å². The molecule has 2 rings (SSSR count). The Bertz CT molecular complexity index is 334. The van der Waals surface area contributed by atoms with Gasteiger partial charge in [-0.1, -0.05) is 30.3 Å². The van der Waals surface area contributed by atoms with Crippen LogP contribution in [0.5, 0.6) is 0 Å². The summed E-state index contributed by atoms with van der Waals surface area (Å²) in [5.41, 5.74) is 1.10. The molecule has 0 amide bonds. The van der Waals surface area contributed by atoms with E-state index in [0.29, 0.717) is 6.04 Å². The Morgan fingerprint density at radius 1 is 1.20 bits per heavy atom. The third kappa shape index (κ3) is 1.80. The van der Waals surface area contributed by atoms with Crippen molar-refractivity contribution < 1.29 is 4.74 Å². The fourth-order valence-electron chi connectivity index (χ4n) is 2.18. The van der Waals surface area contributed by atoms with Gasteiger partial charge in [-0.3, -0.25) is 4.90 Å². The average molecular weight is 205 g/mol. The highest BCUT2D eigenvalue weighted by Crippen LogP contribution is 2.39. The van der Waals surface area contributed by atoms with E-state index >= 15 is 0 Å². The van der Waals surface area contributed by atoms with Gasteiger partial charge >= 0.3 is 0 Å². The van der Waals surface area contributed by atoms with Crippen molar-refractivity contribution in [1.82, 2.24) is 4.90 Å². The molecule has 82 valence electrons. The molecule has 1 heterocycles. The summed E-state index contributed by atoms with van der Waals surface area (Å²) >= 11 is 0. The molecule has 2 heteroatoms. The Balaban J connectivity index is 2.27. The molecule has 0 N–H and O–H groups in total. The summed E-state index contributed by atoms with van der Waals surface area (Å²) in [6.07, 6.45) is 0.186. The standard InChI is InChI=1S/C13H19NO/c1-10-12(11-8-6-5-7-9-11)15-13(2,3)14(10)4/h5-10,12H,1-4H3/t10-,12+/m0/s1. The van der Waals surface area contributed by atoms with Gasteiger partial charge in [0.1, 0.15) is 11.8 Å². The lowest BCUT2D eigenvalue weighted by Crippen LogP contribution is -2.39. The monoisotopic (exact) mass is 205 g/mol. The first-order valence-electron chi connectivity index (χ1n) is 5.48. The van der Waals surface area contributed by atoms with Crippen molar-refractivity contribution in [2.45, 2.75) is 38.6 Å².